The highest BCUT2D eigenvalue weighted by molar-refractivity contribution is 9.10. The first-order valence-corrected chi connectivity index (χ1v) is 7.49. The second-order valence-corrected chi connectivity index (χ2v) is 6.34. The lowest BCUT2D eigenvalue weighted by molar-refractivity contribution is 0.619. The standard InChI is InChI=1S/C12H10Br2FNS/c13-9-3-8(4-10(15)5-9)6-16-7-12-11(14)1-2-17-12/h1-5,16H,6-7H2. The third-order valence-electron chi connectivity index (χ3n) is 2.23. The van der Waals surface area contributed by atoms with Gasteiger partial charge in [-0.05, 0) is 51.1 Å². The molecule has 1 N–H and O–H groups in total. The minimum absolute atomic E-state index is 0.214. The fourth-order valence-corrected chi connectivity index (χ4v) is 3.46. The summed E-state index contributed by atoms with van der Waals surface area (Å²) >= 11 is 8.46. The van der Waals surface area contributed by atoms with Gasteiger partial charge in [-0.1, -0.05) is 15.9 Å². The fourth-order valence-electron chi connectivity index (χ4n) is 1.48. The van der Waals surface area contributed by atoms with E-state index < -0.39 is 0 Å². The summed E-state index contributed by atoms with van der Waals surface area (Å²) < 4.78 is 15.0. The Morgan fingerprint density at radius 2 is 2.00 bits per heavy atom. The van der Waals surface area contributed by atoms with Crippen LogP contribution in [0.4, 0.5) is 4.39 Å². The molecule has 0 aliphatic rings. The summed E-state index contributed by atoms with van der Waals surface area (Å²) in [6.07, 6.45) is 0. The van der Waals surface area contributed by atoms with Crippen molar-refractivity contribution in [1.82, 2.24) is 5.32 Å². The van der Waals surface area contributed by atoms with Gasteiger partial charge in [-0.15, -0.1) is 11.3 Å². The SMILES string of the molecule is Fc1cc(Br)cc(CNCc2sccc2Br)c1. The van der Waals surface area contributed by atoms with E-state index in [9.17, 15) is 4.39 Å². The Morgan fingerprint density at radius 1 is 1.18 bits per heavy atom. The Kier molecular flexibility index (Phi) is 4.73. The summed E-state index contributed by atoms with van der Waals surface area (Å²) in [5.41, 5.74) is 0.935. The van der Waals surface area contributed by atoms with Crippen LogP contribution in [-0.2, 0) is 13.1 Å². The van der Waals surface area contributed by atoms with Crippen molar-refractivity contribution in [3.8, 4) is 0 Å². The Hall–Kier alpha value is -0.230. The van der Waals surface area contributed by atoms with Crippen LogP contribution in [-0.4, -0.2) is 0 Å². The lowest BCUT2D eigenvalue weighted by atomic mass is 10.2. The van der Waals surface area contributed by atoms with E-state index in [0.717, 1.165) is 21.1 Å². The van der Waals surface area contributed by atoms with Crippen LogP contribution in [0.3, 0.4) is 0 Å². The molecular weight excluding hydrogens is 369 g/mol. The van der Waals surface area contributed by atoms with Crippen LogP contribution in [0.1, 0.15) is 10.4 Å². The number of benzene rings is 1. The maximum Gasteiger partial charge on any atom is 0.124 e. The van der Waals surface area contributed by atoms with Gasteiger partial charge in [0.2, 0.25) is 0 Å². The average Bonchev–Trinajstić information content (AvgIpc) is 2.63. The van der Waals surface area contributed by atoms with E-state index in [0.29, 0.717) is 6.54 Å². The Morgan fingerprint density at radius 3 is 2.65 bits per heavy atom. The van der Waals surface area contributed by atoms with Crippen molar-refractivity contribution in [2.45, 2.75) is 13.1 Å². The van der Waals surface area contributed by atoms with E-state index in [-0.39, 0.29) is 5.82 Å². The molecule has 2 aromatic rings. The zero-order valence-electron chi connectivity index (χ0n) is 8.84. The van der Waals surface area contributed by atoms with Crippen molar-refractivity contribution in [1.29, 1.82) is 0 Å². The Labute approximate surface area is 120 Å². The molecule has 1 aromatic heterocycles. The molecule has 0 unspecified atom stereocenters. The van der Waals surface area contributed by atoms with Crippen LogP contribution in [0.2, 0.25) is 0 Å². The molecule has 0 spiro atoms. The maximum atomic E-state index is 13.1. The molecule has 2 rings (SSSR count). The second kappa shape index (κ2) is 6.09. The summed E-state index contributed by atoms with van der Waals surface area (Å²) in [6, 6.07) is 6.95. The molecule has 90 valence electrons. The van der Waals surface area contributed by atoms with E-state index in [2.05, 4.69) is 37.2 Å². The van der Waals surface area contributed by atoms with Crippen LogP contribution in [0, 0.1) is 5.82 Å². The van der Waals surface area contributed by atoms with E-state index >= 15 is 0 Å². The summed E-state index contributed by atoms with van der Waals surface area (Å²) in [6.45, 7) is 1.44. The summed E-state index contributed by atoms with van der Waals surface area (Å²) in [4.78, 5) is 1.25. The highest BCUT2D eigenvalue weighted by atomic mass is 79.9. The molecule has 0 fully saturated rings. The topological polar surface area (TPSA) is 12.0 Å². The summed E-state index contributed by atoms with van der Waals surface area (Å²) in [7, 11) is 0. The van der Waals surface area contributed by atoms with Crippen molar-refractivity contribution in [2.24, 2.45) is 0 Å². The van der Waals surface area contributed by atoms with Gasteiger partial charge in [-0.2, -0.15) is 0 Å². The van der Waals surface area contributed by atoms with Gasteiger partial charge in [0.15, 0.2) is 0 Å². The molecular formula is C12H10Br2FNS. The smallest absolute Gasteiger partial charge is 0.124 e. The predicted octanol–water partition coefficient (Wildman–Crippen LogP) is 4.70. The third kappa shape index (κ3) is 3.88. The van der Waals surface area contributed by atoms with Gasteiger partial charge >= 0.3 is 0 Å². The first-order chi connectivity index (χ1) is 8.15. The molecule has 1 nitrogen and oxygen atoms in total. The molecule has 5 heteroatoms. The van der Waals surface area contributed by atoms with E-state index in [1.807, 2.05) is 17.5 Å². The van der Waals surface area contributed by atoms with Gasteiger partial charge in [0.05, 0.1) is 0 Å². The zero-order valence-corrected chi connectivity index (χ0v) is 12.8. The molecule has 0 amide bonds. The van der Waals surface area contributed by atoms with Crippen LogP contribution < -0.4 is 5.32 Å². The van der Waals surface area contributed by atoms with E-state index in [4.69, 9.17) is 0 Å². The van der Waals surface area contributed by atoms with Crippen molar-refractivity contribution in [3.05, 3.63) is 54.8 Å². The second-order valence-electron chi connectivity index (χ2n) is 3.57. The monoisotopic (exact) mass is 377 g/mol. The third-order valence-corrected chi connectivity index (χ3v) is 4.61. The predicted molar refractivity (Wildman–Crippen MR) is 76.7 cm³/mol. The van der Waals surface area contributed by atoms with Crippen molar-refractivity contribution in [2.75, 3.05) is 0 Å². The molecule has 0 aliphatic heterocycles. The first-order valence-electron chi connectivity index (χ1n) is 5.03. The molecule has 0 aliphatic carbocycles. The molecule has 0 saturated carbocycles. The minimum atomic E-state index is -0.214. The Balaban J connectivity index is 1.92. The number of hydrogen-bond acceptors (Lipinski definition) is 2. The summed E-state index contributed by atoms with van der Waals surface area (Å²) in [5, 5.41) is 5.33. The van der Waals surface area contributed by atoms with Gasteiger partial charge in [-0.25, -0.2) is 4.39 Å². The molecule has 0 atom stereocenters. The van der Waals surface area contributed by atoms with Gasteiger partial charge in [0.25, 0.3) is 0 Å². The summed E-state index contributed by atoms with van der Waals surface area (Å²) in [5.74, 6) is -0.214. The zero-order chi connectivity index (χ0) is 12.3. The highest BCUT2D eigenvalue weighted by Crippen LogP contribution is 2.22. The van der Waals surface area contributed by atoms with Crippen LogP contribution >= 0.6 is 43.2 Å². The maximum absolute atomic E-state index is 13.1. The quantitative estimate of drug-likeness (QED) is 0.812. The number of halogens is 3. The van der Waals surface area contributed by atoms with Gasteiger partial charge < -0.3 is 5.32 Å². The Bertz CT molecular complexity index is 493. The van der Waals surface area contributed by atoms with Crippen LogP contribution in [0.25, 0.3) is 0 Å². The molecule has 1 heterocycles. The molecule has 0 saturated heterocycles. The highest BCUT2D eigenvalue weighted by Gasteiger charge is 2.02. The molecule has 0 bridgehead atoms. The van der Waals surface area contributed by atoms with Gasteiger partial charge in [0.1, 0.15) is 5.82 Å². The minimum Gasteiger partial charge on any atom is -0.308 e. The fraction of sp³-hybridized carbons (Fsp3) is 0.167. The van der Waals surface area contributed by atoms with Crippen LogP contribution in [0.5, 0.6) is 0 Å². The molecule has 1 aromatic carbocycles. The van der Waals surface area contributed by atoms with E-state index in [1.54, 1.807) is 17.4 Å². The van der Waals surface area contributed by atoms with Gasteiger partial charge in [-0.3, -0.25) is 0 Å². The lowest BCUT2D eigenvalue weighted by Gasteiger charge is -2.05. The van der Waals surface area contributed by atoms with Crippen molar-refractivity contribution >= 4 is 43.2 Å². The number of rotatable bonds is 4. The van der Waals surface area contributed by atoms with E-state index in [1.165, 1.54) is 10.9 Å². The first kappa shape index (κ1) is 13.2. The van der Waals surface area contributed by atoms with Crippen molar-refractivity contribution in [3.63, 3.8) is 0 Å². The number of nitrogens with one attached hydrogen (secondary N) is 1. The number of thiophene rings is 1. The molecule has 17 heavy (non-hydrogen) atoms. The molecule has 0 radical (unpaired) electrons. The normalized spacial score (nSPS) is 10.8. The lowest BCUT2D eigenvalue weighted by Crippen LogP contribution is -2.12. The van der Waals surface area contributed by atoms with Crippen LogP contribution in [0.15, 0.2) is 38.6 Å². The van der Waals surface area contributed by atoms with Gasteiger partial charge in [0, 0.05) is 26.9 Å². The van der Waals surface area contributed by atoms with Crippen molar-refractivity contribution < 1.29 is 4.39 Å². The number of hydrogen-bond donors (Lipinski definition) is 1. The average molecular weight is 379 g/mol. The largest absolute Gasteiger partial charge is 0.308 e.